The number of carboxylic acids is 1. The van der Waals surface area contributed by atoms with Crippen LogP contribution in [-0.2, 0) is 6.54 Å². The van der Waals surface area contributed by atoms with Crippen molar-refractivity contribution in [2.75, 3.05) is 0 Å². The van der Waals surface area contributed by atoms with Crippen molar-refractivity contribution in [3.8, 4) is 0 Å². The van der Waals surface area contributed by atoms with E-state index in [4.69, 9.17) is 5.11 Å². The smallest absolute Gasteiger partial charge is 0.355 e. The highest BCUT2D eigenvalue weighted by molar-refractivity contribution is 7.10. The number of carbonyl (C=O) groups is 2. The van der Waals surface area contributed by atoms with Gasteiger partial charge in [-0.2, -0.15) is 0 Å². The molecule has 0 aliphatic rings. The highest BCUT2D eigenvalue weighted by Crippen LogP contribution is 2.17. The number of amides is 2. The van der Waals surface area contributed by atoms with Gasteiger partial charge in [-0.25, -0.2) is 19.6 Å². The molecule has 0 aromatic carbocycles. The molecule has 3 N–H and O–H groups in total. The summed E-state index contributed by atoms with van der Waals surface area (Å²) in [4.78, 5) is 30.7. The lowest BCUT2D eigenvalue weighted by atomic mass is 10.3. The fraction of sp³-hybridized carbons (Fsp3) is 0.333. The van der Waals surface area contributed by atoms with Crippen molar-refractivity contribution in [1.82, 2.24) is 20.6 Å². The minimum Gasteiger partial charge on any atom is -0.476 e. The predicted molar refractivity (Wildman–Crippen MR) is 79.7 cm³/mol. The van der Waals surface area contributed by atoms with Gasteiger partial charge in [0.25, 0.3) is 0 Å². The number of rotatable bonds is 5. The van der Waals surface area contributed by atoms with E-state index >= 15 is 0 Å². The van der Waals surface area contributed by atoms with Crippen LogP contribution in [0, 0.1) is 6.92 Å². The Morgan fingerprint density at radius 2 is 2.10 bits per heavy atom. The molecule has 2 amide bonds. The highest BCUT2D eigenvalue weighted by Gasteiger charge is 2.15. The Kier molecular flexibility index (Phi) is 4.86. The van der Waals surface area contributed by atoms with Crippen LogP contribution in [0.15, 0.2) is 10.8 Å². The van der Waals surface area contributed by atoms with Crippen molar-refractivity contribution in [2.24, 2.45) is 0 Å². The summed E-state index contributed by atoms with van der Waals surface area (Å²) in [5, 5.41) is 19.1. The van der Waals surface area contributed by atoms with Gasteiger partial charge >= 0.3 is 12.0 Å². The molecule has 0 spiro atoms. The van der Waals surface area contributed by atoms with E-state index in [9.17, 15) is 9.59 Å². The third kappa shape index (κ3) is 4.23. The van der Waals surface area contributed by atoms with Crippen molar-refractivity contribution < 1.29 is 14.7 Å². The normalized spacial score (nSPS) is 11.9. The van der Waals surface area contributed by atoms with Crippen LogP contribution in [0.3, 0.4) is 0 Å². The summed E-state index contributed by atoms with van der Waals surface area (Å²) in [5.41, 5.74) is 0.796. The second kappa shape index (κ2) is 6.64. The number of aromatic nitrogens is 2. The third-order valence-corrected chi connectivity index (χ3v) is 4.41. The molecule has 112 valence electrons. The molecule has 2 heterocycles. The van der Waals surface area contributed by atoms with Gasteiger partial charge in [-0.05, 0) is 13.8 Å². The average molecular weight is 326 g/mol. The van der Waals surface area contributed by atoms with Crippen LogP contribution in [0.25, 0.3) is 0 Å². The molecule has 0 radical (unpaired) electrons. The molecular formula is C12H14N4O3S2. The van der Waals surface area contributed by atoms with Gasteiger partial charge in [-0.15, -0.1) is 22.7 Å². The van der Waals surface area contributed by atoms with E-state index in [1.54, 1.807) is 6.92 Å². The largest absolute Gasteiger partial charge is 0.476 e. The fourth-order valence-electron chi connectivity index (χ4n) is 1.55. The Morgan fingerprint density at radius 3 is 2.67 bits per heavy atom. The number of carbonyl (C=O) groups excluding carboxylic acids is 1. The molecule has 0 aliphatic carbocycles. The predicted octanol–water partition coefficient (Wildman–Crippen LogP) is 2.17. The van der Waals surface area contributed by atoms with E-state index in [2.05, 4.69) is 20.6 Å². The quantitative estimate of drug-likeness (QED) is 0.781. The second-order valence-electron chi connectivity index (χ2n) is 4.28. The lowest BCUT2D eigenvalue weighted by Gasteiger charge is -2.11. The van der Waals surface area contributed by atoms with Gasteiger partial charge < -0.3 is 15.7 Å². The third-order valence-electron chi connectivity index (χ3n) is 2.56. The summed E-state index contributed by atoms with van der Waals surface area (Å²) >= 11 is 2.73. The van der Waals surface area contributed by atoms with Crippen LogP contribution in [0.5, 0.6) is 0 Å². The maximum Gasteiger partial charge on any atom is 0.355 e. The molecule has 2 aromatic rings. The molecule has 1 unspecified atom stereocenters. The van der Waals surface area contributed by atoms with Gasteiger partial charge in [-0.1, -0.05) is 0 Å². The molecule has 2 aromatic heterocycles. The van der Waals surface area contributed by atoms with Crippen LogP contribution in [0.4, 0.5) is 4.79 Å². The van der Waals surface area contributed by atoms with Crippen molar-refractivity contribution in [2.45, 2.75) is 26.4 Å². The Bertz CT molecular complexity index is 652. The van der Waals surface area contributed by atoms with Crippen LogP contribution in [0.2, 0.25) is 0 Å². The fourth-order valence-corrected chi connectivity index (χ4v) is 2.97. The molecular weight excluding hydrogens is 312 g/mol. The van der Waals surface area contributed by atoms with Crippen LogP contribution < -0.4 is 10.6 Å². The maximum absolute atomic E-state index is 11.8. The van der Waals surface area contributed by atoms with Gasteiger partial charge in [-0.3, -0.25) is 0 Å². The first-order valence-electron chi connectivity index (χ1n) is 6.10. The summed E-state index contributed by atoms with van der Waals surface area (Å²) in [6, 6.07) is -0.708. The summed E-state index contributed by atoms with van der Waals surface area (Å²) < 4.78 is 0. The highest BCUT2D eigenvalue weighted by atomic mass is 32.1. The number of aryl methyl sites for hydroxylation is 1. The minimum absolute atomic E-state index is 0.0120. The van der Waals surface area contributed by atoms with E-state index in [1.165, 1.54) is 28.1 Å². The number of urea groups is 1. The van der Waals surface area contributed by atoms with Gasteiger partial charge in [0.2, 0.25) is 0 Å². The number of aromatic carboxylic acids is 1. The van der Waals surface area contributed by atoms with Crippen LogP contribution >= 0.6 is 22.7 Å². The molecule has 0 saturated carbocycles. The van der Waals surface area contributed by atoms with Crippen molar-refractivity contribution in [1.29, 1.82) is 0 Å². The number of carboxylic acid groups (broad SMARTS) is 1. The first-order chi connectivity index (χ1) is 9.95. The van der Waals surface area contributed by atoms with Gasteiger partial charge in [0, 0.05) is 10.8 Å². The van der Waals surface area contributed by atoms with Crippen molar-refractivity contribution in [3.05, 3.63) is 32.2 Å². The number of thiazole rings is 2. The Labute approximate surface area is 129 Å². The summed E-state index contributed by atoms with van der Waals surface area (Å²) in [6.07, 6.45) is 0. The molecule has 0 saturated heterocycles. The minimum atomic E-state index is -1.08. The monoisotopic (exact) mass is 326 g/mol. The summed E-state index contributed by atoms with van der Waals surface area (Å²) in [5.74, 6) is -1.08. The Hall–Kier alpha value is -2.00. The molecule has 9 heteroatoms. The molecule has 0 bridgehead atoms. The zero-order valence-electron chi connectivity index (χ0n) is 11.4. The maximum atomic E-state index is 11.8. The summed E-state index contributed by atoms with van der Waals surface area (Å²) in [7, 11) is 0. The first-order valence-corrected chi connectivity index (χ1v) is 7.85. The van der Waals surface area contributed by atoms with Crippen LogP contribution in [-0.4, -0.2) is 27.1 Å². The molecule has 0 aliphatic heterocycles. The standard InChI is InChI=1S/C12H14N4O3S2/c1-6(10-16-9(5-21-10)11(17)18)14-12(19)13-3-8-4-20-7(2)15-8/h4-6H,3H2,1-2H3,(H,17,18)(H2,13,14,19). The van der Waals surface area contributed by atoms with E-state index in [-0.39, 0.29) is 17.8 Å². The van der Waals surface area contributed by atoms with E-state index in [1.807, 2.05) is 12.3 Å². The SMILES string of the molecule is Cc1nc(CNC(=O)NC(C)c2nc(C(=O)O)cs2)cs1. The first kappa shape index (κ1) is 15.4. The van der Waals surface area contributed by atoms with Crippen LogP contribution in [0.1, 0.15) is 39.2 Å². The number of hydrogen-bond acceptors (Lipinski definition) is 6. The average Bonchev–Trinajstić information content (AvgIpc) is 3.05. The number of nitrogens with one attached hydrogen (secondary N) is 2. The lowest BCUT2D eigenvalue weighted by Crippen LogP contribution is -2.36. The van der Waals surface area contributed by atoms with Crippen molar-refractivity contribution in [3.63, 3.8) is 0 Å². The van der Waals surface area contributed by atoms with E-state index < -0.39 is 5.97 Å². The van der Waals surface area contributed by atoms with Gasteiger partial charge in [0.15, 0.2) is 5.69 Å². The Balaban J connectivity index is 1.85. The molecule has 1 atom stereocenters. The van der Waals surface area contributed by atoms with E-state index in [0.29, 0.717) is 11.6 Å². The molecule has 7 nitrogen and oxygen atoms in total. The van der Waals surface area contributed by atoms with Crippen molar-refractivity contribution >= 4 is 34.7 Å². The topological polar surface area (TPSA) is 104 Å². The number of hydrogen-bond donors (Lipinski definition) is 3. The second-order valence-corrected chi connectivity index (χ2v) is 6.23. The molecule has 2 rings (SSSR count). The zero-order valence-corrected chi connectivity index (χ0v) is 13.0. The molecule has 0 fully saturated rings. The number of nitrogens with zero attached hydrogens (tertiary/aromatic N) is 2. The van der Waals surface area contributed by atoms with Gasteiger partial charge in [0.05, 0.1) is 23.3 Å². The summed E-state index contributed by atoms with van der Waals surface area (Å²) in [6.45, 7) is 4.00. The lowest BCUT2D eigenvalue weighted by molar-refractivity contribution is 0.0691. The Morgan fingerprint density at radius 1 is 1.33 bits per heavy atom. The van der Waals surface area contributed by atoms with E-state index in [0.717, 1.165) is 10.7 Å². The molecule has 21 heavy (non-hydrogen) atoms. The zero-order chi connectivity index (χ0) is 15.4. The van der Waals surface area contributed by atoms with Gasteiger partial charge in [0.1, 0.15) is 5.01 Å².